The van der Waals surface area contributed by atoms with Gasteiger partial charge >= 0.3 is 0 Å². The minimum Gasteiger partial charge on any atom is -0.399 e. The number of thiophene rings is 1. The van der Waals surface area contributed by atoms with E-state index in [0.29, 0.717) is 6.54 Å². The second-order valence-electron chi connectivity index (χ2n) is 3.59. The van der Waals surface area contributed by atoms with Crippen LogP contribution in [0.15, 0.2) is 35.0 Å². The minimum absolute atomic E-state index is 0.234. The first-order valence-corrected chi connectivity index (χ1v) is 5.95. The lowest BCUT2D eigenvalue weighted by atomic mass is 10.2. The van der Waals surface area contributed by atoms with E-state index in [4.69, 9.17) is 5.73 Å². The van der Waals surface area contributed by atoms with Crippen molar-refractivity contribution in [1.29, 1.82) is 0 Å². The Kier molecular flexibility index (Phi) is 3.39. The molecule has 88 valence electrons. The van der Waals surface area contributed by atoms with Crippen LogP contribution in [0.3, 0.4) is 0 Å². The molecular formula is C12H11FN2OS. The van der Waals surface area contributed by atoms with Gasteiger partial charge in [0.2, 0.25) is 0 Å². The van der Waals surface area contributed by atoms with Gasteiger partial charge in [-0.3, -0.25) is 4.79 Å². The van der Waals surface area contributed by atoms with Crippen LogP contribution in [0.1, 0.15) is 15.9 Å². The highest BCUT2D eigenvalue weighted by Crippen LogP contribution is 2.11. The Morgan fingerprint density at radius 2 is 2.24 bits per heavy atom. The smallest absolute Gasteiger partial charge is 0.251 e. The zero-order chi connectivity index (χ0) is 12.3. The number of rotatable bonds is 3. The molecule has 1 heterocycles. The average Bonchev–Trinajstić information content (AvgIpc) is 2.77. The number of nitrogen functional groups attached to an aromatic ring is 1. The Morgan fingerprint density at radius 1 is 1.41 bits per heavy atom. The van der Waals surface area contributed by atoms with Crippen molar-refractivity contribution < 1.29 is 9.18 Å². The van der Waals surface area contributed by atoms with Gasteiger partial charge in [0.25, 0.3) is 5.91 Å². The van der Waals surface area contributed by atoms with E-state index >= 15 is 0 Å². The molecule has 0 atom stereocenters. The van der Waals surface area contributed by atoms with Gasteiger partial charge in [-0.2, -0.15) is 11.3 Å². The SMILES string of the molecule is Nc1cc(F)cc(C(=O)NCc2ccsc2)c1. The molecule has 2 rings (SSSR count). The third-order valence-electron chi connectivity index (χ3n) is 2.22. The molecule has 1 aromatic heterocycles. The summed E-state index contributed by atoms with van der Waals surface area (Å²) in [5.41, 5.74) is 6.97. The zero-order valence-corrected chi connectivity index (χ0v) is 9.76. The first-order chi connectivity index (χ1) is 8.15. The molecule has 17 heavy (non-hydrogen) atoms. The minimum atomic E-state index is -0.509. The van der Waals surface area contributed by atoms with Gasteiger partial charge in [0.1, 0.15) is 5.82 Å². The standard InChI is InChI=1S/C12H11FN2OS/c13-10-3-9(4-11(14)5-10)12(16)15-6-8-1-2-17-7-8/h1-5,7H,6,14H2,(H,15,16). The summed E-state index contributed by atoms with van der Waals surface area (Å²) in [6, 6.07) is 5.71. The Bertz CT molecular complexity index is 505. The van der Waals surface area contributed by atoms with Gasteiger partial charge < -0.3 is 11.1 Å². The lowest BCUT2D eigenvalue weighted by Crippen LogP contribution is -2.22. The maximum atomic E-state index is 13.0. The van der Waals surface area contributed by atoms with Gasteiger partial charge in [0.05, 0.1) is 0 Å². The van der Waals surface area contributed by atoms with Crippen LogP contribution in [0.25, 0.3) is 0 Å². The molecule has 0 aliphatic heterocycles. The molecule has 3 nitrogen and oxygen atoms in total. The van der Waals surface area contributed by atoms with Crippen LogP contribution in [0, 0.1) is 5.82 Å². The molecule has 0 unspecified atom stereocenters. The third-order valence-corrected chi connectivity index (χ3v) is 2.95. The quantitative estimate of drug-likeness (QED) is 0.822. The Hall–Kier alpha value is -1.88. The molecule has 1 amide bonds. The van der Waals surface area contributed by atoms with Gasteiger partial charge in [-0.1, -0.05) is 0 Å². The number of nitrogens with one attached hydrogen (secondary N) is 1. The Balaban J connectivity index is 2.04. The fourth-order valence-electron chi connectivity index (χ4n) is 1.42. The predicted molar refractivity (Wildman–Crippen MR) is 66.3 cm³/mol. The third kappa shape index (κ3) is 3.04. The highest BCUT2D eigenvalue weighted by Gasteiger charge is 2.07. The topological polar surface area (TPSA) is 55.1 Å². The number of nitrogens with two attached hydrogens (primary N) is 1. The largest absolute Gasteiger partial charge is 0.399 e. The second kappa shape index (κ2) is 4.97. The number of benzene rings is 1. The lowest BCUT2D eigenvalue weighted by Gasteiger charge is -2.05. The van der Waals surface area contributed by atoms with E-state index in [1.165, 1.54) is 18.2 Å². The number of halogens is 1. The van der Waals surface area contributed by atoms with E-state index < -0.39 is 5.82 Å². The average molecular weight is 250 g/mol. The molecule has 0 radical (unpaired) electrons. The number of hydrogen-bond acceptors (Lipinski definition) is 3. The van der Waals surface area contributed by atoms with Gasteiger partial charge in [-0.05, 0) is 40.6 Å². The van der Waals surface area contributed by atoms with Crippen molar-refractivity contribution in [3.8, 4) is 0 Å². The molecule has 0 saturated carbocycles. The van der Waals surface area contributed by atoms with E-state index in [9.17, 15) is 9.18 Å². The van der Waals surface area contributed by atoms with Crippen molar-refractivity contribution in [3.63, 3.8) is 0 Å². The molecular weight excluding hydrogens is 239 g/mol. The molecule has 0 aliphatic rings. The highest BCUT2D eigenvalue weighted by atomic mass is 32.1. The molecule has 0 fully saturated rings. The fraction of sp³-hybridized carbons (Fsp3) is 0.0833. The summed E-state index contributed by atoms with van der Waals surface area (Å²) < 4.78 is 13.0. The molecule has 2 aromatic rings. The summed E-state index contributed by atoms with van der Waals surface area (Å²) >= 11 is 1.56. The van der Waals surface area contributed by atoms with Gasteiger partial charge in [-0.25, -0.2) is 4.39 Å². The molecule has 0 bridgehead atoms. The molecule has 3 N–H and O–H groups in total. The second-order valence-corrected chi connectivity index (χ2v) is 4.37. The van der Waals surface area contributed by atoms with Crippen molar-refractivity contribution in [3.05, 3.63) is 52.0 Å². The molecule has 1 aromatic carbocycles. The number of carbonyl (C=O) groups is 1. The molecule has 0 aliphatic carbocycles. The normalized spacial score (nSPS) is 10.2. The van der Waals surface area contributed by atoms with E-state index in [2.05, 4.69) is 5.32 Å². The fourth-order valence-corrected chi connectivity index (χ4v) is 2.09. The summed E-state index contributed by atoms with van der Waals surface area (Å²) in [5.74, 6) is -0.840. The van der Waals surface area contributed by atoms with Gasteiger partial charge in [0.15, 0.2) is 0 Å². The maximum Gasteiger partial charge on any atom is 0.251 e. The molecule has 0 saturated heterocycles. The summed E-state index contributed by atoms with van der Waals surface area (Å²) in [6.45, 7) is 0.429. The number of amides is 1. The molecule has 0 spiro atoms. The number of carbonyl (C=O) groups excluding carboxylic acids is 1. The first kappa shape index (κ1) is 11.6. The first-order valence-electron chi connectivity index (χ1n) is 5.00. The monoisotopic (exact) mass is 250 g/mol. The van der Waals surface area contributed by atoms with Crippen molar-refractivity contribution in [2.75, 3.05) is 5.73 Å². The number of hydrogen-bond donors (Lipinski definition) is 2. The van der Waals surface area contributed by atoms with Crippen LogP contribution in [-0.4, -0.2) is 5.91 Å². The van der Waals surface area contributed by atoms with Crippen LogP contribution in [0.2, 0.25) is 0 Å². The summed E-state index contributed by atoms with van der Waals surface area (Å²) in [7, 11) is 0. The van der Waals surface area contributed by atoms with E-state index in [1.807, 2.05) is 16.8 Å². The van der Waals surface area contributed by atoms with Crippen molar-refractivity contribution >= 4 is 22.9 Å². The van der Waals surface area contributed by atoms with Crippen molar-refractivity contribution in [2.24, 2.45) is 0 Å². The van der Waals surface area contributed by atoms with Crippen LogP contribution in [0.5, 0.6) is 0 Å². The Labute approximate surface area is 102 Å². The van der Waals surface area contributed by atoms with E-state index in [0.717, 1.165) is 5.56 Å². The van der Waals surface area contributed by atoms with Crippen LogP contribution in [-0.2, 0) is 6.54 Å². The van der Waals surface area contributed by atoms with E-state index in [-0.39, 0.29) is 17.2 Å². The van der Waals surface area contributed by atoms with Crippen molar-refractivity contribution in [2.45, 2.75) is 6.54 Å². The van der Waals surface area contributed by atoms with Crippen LogP contribution >= 0.6 is 11.3 Å². The zero-order valence-electron chi connectivity index (χ0n) is 8.94. The Morgan fingerprint density at radius 3 is 2.88 bits per heavy atom. The predicted octanol–water partition coefficient (Wildman–Crippen LogP) is 2.40. The van der Waals surface area contributed by atoms with Crippen molar-refractivity contribution in [1.82, 2.24) is 5.32 Å². The van der Waals surface area contributed by atoms with Crippen LogP contribution in [0.4, 0.5) is 10.1 Å². The van der Waals surface area contributed by atoms with E-state index in [1.54, 1.807) is 11.3 Å². The summed E-state index contributed by atoms with van der Waals surface area (Å²) in [6.07, 6.45) is 0. The summed E-state index contributed by atoms with van der Waals surface area (Å²) in [5, 5.41) is 6.58. The summed E-state index contributed by atoms with van der Waals surface area (Å²) in [4.78, 5) is 11.7. The lowest BCUT2D eigenvalue weighted by molar-refractivity contribution is 0.0950. The van der Waals surface area contributed by atoms with Crippen LogP contribution < -0.4 is 11.1 Å². The molecule has 5 heteroatoms. The van der Waals surface area contributed by atoms with Gasteiger partial charge in [0, 0.05) is 17.8 Å². The maximum absolute atomic E-state index is 13.0. The highest BCUT2D eigenvalue weighted by molar-refractivity contribution is 7.07. The number of anilines is 1. The van der Waals surface area contributed by atoms with Gasteiger partial charge in [-0.15, -0.1) is 0 Å².